The van der Waals surface area contributed by atoms with Crippen molar-refractivity contribution in [2.75, 3.05) is 5.32 Å². The number of ether oxygens (including phenoxy) is 1. The van der Waals surface area contributed by atoms with E-state index in [0.29, 0.717) is 13.0 Å². The summed E-state index contributed by atoms with van der Waals surface area (Å²) in [5.74, 6) is -3.58. The van der Waals surface area contributed by atoms with Crippen molar-refractivity contribution in [1.29, 1.82) is 0 Å². The van der Waals surface area contributed by atoms with Crippen LogP contribution < -0.4 is 15.8 Å². The molecule has 0 bridgehead atoms. The fraction of sp³-hybridized carbons (Fsp3) is 0.250. The van der Waals surface area contributed by atoms with E-state index in [1.807, 2.05) is 0 Å². The molecule has 1 atom stereocenters. The third-order valence-electron chi connectivity index (χ3n) is 4.56. The van der Waals surface area contributed by atoms with Crippen molar-refractivity contribution >= 4 is 23.2 Å². The smallest absolute Gasteiger partial charge is 0.425 e. The van der Waals surface area contributed by atoms with Crippen LogP contribution in [-0.2, 0) is 13.6 Å². The largest absolute Gasteiger partial charge is 0.480 e. The SMILES string of the molecule is C[C@H](Oc1cc(-c2nc(CN)n(C)n2)c(F)cc1C(=O)Nc1c(F)cccc1Cl)C(F)(F)F. The number of benzene rings is 2. The average molecular weight is 490 g/mol. The number of hydrogen-bond donors (Lipinski definition) is 2. The Morgan fingerprint density at radius 1 is 1.27 bits per heavy atom. The van der Waals surface area contributed by atoms with Gasteiger partial charge in [-0.25, -0.2) is 13.8 Å². The number of carbonyl (C=O) groups is 1. The van der Waals surface area contributed by atoms with E-state index < -0.39 is 46.8 Å². The van der Waals surface area contributed by atoms with Gasteiger partial charge in [0, 0.05) is 7.05 Å². The Kier molecular flexibility index (Phi) is 6.89. The second-order valence-corrected chi connectivity index (χ2v) is 7.27. The number of rotatable bonds is 6. The zero-order valence-corrected chi connectivity index (χ0v) is 17.9. The highest BCUT2D eigenvalue weighted by molar-refractivity contribution is 6.34. The van der Waals surface area contributed by atoms with E-state index in [1.54, 1.807) is 0 Å². The van der Waals surface area contributed by atoms with Crippen molar-refractivity contribution in [3.8, 4) is 17.1 Å². The number of nitrogens with zero attached hydrogens (tertiary/aromatic N) is 3. The number of carbonyl (C=O) groups excluding carboxylic acids is 1. The molecule has 1 heterocycles. The zero-order valence-electron chi connectivity index (χ0n) is 17.2. The summed E-state index contributed by atoms with van der Waals surface area (Å²) in [4.78, 5) is 16.8. The van der Waals surface area contributed by atoms with Crippen LogP contribution in [0.5, 0.6) is 5.75 Å². The van der Waals surface area contributed by atoms with Gasteiger partial charge in [-0.15, -0.1) is 0 Å². The highest BCUT2D eigenvalue weighted by atomic mass is 35.5. The summed E-state index contributed by atoms with van der Waals surface area (Å²) in [5.41, 5.74) is 4.15. The molecule has 176 valence electrons. The van der Waals surface area contributed by atoms with Crippen LogP contribution in [-0.4, -0.2) is 33.0 Å². The first-order valence-corrected chi connectivity index (χ1v) is 9.72. The van der Waals surface area contributed by atoms with Crippen molar-refractivity contribution in [2.45, 2.75) is 25.7 Å². The van der Waals surface area contributed by atoms with E-state index in [-0.39, 0.29) is 28.8 Å². The predicted molar refractivity (Wildman–Crippen MR) is 110 cm³/mol. The lowest BCUT2D eigenvalue weighted by Crippen LogP contribution is -2.32. The molecule has 1 amide bonds. The molecule has 7 nitrogen and oxygen atoms in total. The molecule has 13 heteroatoms. The maximum Gasteiger partial charge on any atom is 0.425 e. The molecular formula is C20H17ClF5N5O2. The van der Waals surface area contributed by atoms with E-state index in [4.69, 9.17) is 22.1 Å². The molecule has 33 heavy (non-hydrogen) atoms. The Hall–Kier alpha value is -3.25. The van der Waals surface area contributed by atoms with E-state index in [0.717, 1.165) is 12.1 Å². The highest BCUT2D eigenvalue weighted by Gasteiger charge is 2.39. The summed E-state index contributed by atoms with van der Waals surface area (Å²) in [5, 5.41) is 5.95. The van der Waals surface area contributed by atoms with Gasteiger partial charge in [-0.05, 0) is 31.2 Å². The van der Waals surface area contributed by atoms with E-state index in [2.05, 4.69) is 15.4 Å². The molecule has 0 spiro atoms. The maximum atomic E-state index is 14.9. The Bertz CT molecular complexity index is 1180. The van der Waals surface area contributed by atoms with Gasteiger partial charge in [-0.1, -0.05) is 17.7 Å². The summed E-state index contributed by atoms with van der Waals surface area (Å²) in [6.07, 6.45) is -7.14. The van der Waals surface area contributed by atoms with Gasteiger partial charge in [0.15, 0.2) is 11.9 Å². The summed E-state index contributed by atoms with van der Waals surface area (Å²) in [6, 6.07) is 5.10. The quantitative estimate of drug-likeness (QED) is 0.499. The molecule has 0 fully saturated rings. The fourth-order valence-electron chi connectivity index (χ4n) is 2.76. The van der Waals surface area contributed by atoms with Crippen molar-refractivity contribution in [1.82, 2.24) is 14.8 Å². The topological polar surface area (TPSA) is 95.1 Å². The van der Waals surface area contributed by atoms with Gasteiger partial charge in [0.25, 0.3) is 5.91 Å². The monoisotopic (exact) mass is 489 g/mol. The van der Waals surface area contributed by atoms with Crippen molar-refractivity contribution < 1.29 is 31.5 Å². The molecular weight excluding hydrogens is 473 g/mol. The lowest BCUT2D eigenvalue weighted by Gasteiger charge is -2.20. The number of anilines is 1. The van der Waals surface area contributed by atoms with E-state index >= 15 is 0 Å². The van der Waals surface area contributed by atoms with Gasteiger partial charge in [-0.3, -0.25) is 9.48 Å². The molecule has 0 saturated heterocycles. The molecule has 0 radical (unpaired) electrons. The van der Waals surface area contributed by atoms with Crippen molar-refractivity contribution in [3.05, 3.63) is 58.4 Å². The molecule has 0 aliphatic heterocycles. The number of nitrogens with one attached hydrogen (secondary N) is 1. The van der Waals surface area contributed by atoms with Gasteiger partial charge in [0.1, 0.15) is 23.2 Å². The van der Waals surface area contributed by atoms with Crippen LogP contribution in [0.1, 0.15) is 23.1 Å². The molecule has 3 rings (SSSR count). The number of aromatic nitrogens is 3. The maximum absolute atomic E-state index is 14.9. The van der Waals surface area contributed by atoms with E-state index in [1.165, 1.54) is 23.9 Å². The minimum absolute atomic E-state index is 0.0243. The number of hydrogen-bond acceptors (Lipinski definition) is 5. The number of para-hydroxylation sites is 1. The number of alkyl halides is 3. The Morgan fingerprint density at radius 2 is 1.97 bits per heavy atom. The fourth-order valence-corrected chi connectivity index (χ4v) is 2.97. The molecule has 0 unspecified atom stereocenters. The van der Waals surface area contributed by atoms with Crippen molar-refractivity contribution in [2.24, 2.45) is 12.8 Å². The lowest BCUT2D eigenvalue weighted by atomic mass is 10.1. The van der Waals surface area contributed by atoms with Crippen LogP contribution in [0.2, 0.25) is 5.02 Å². The Balaban J connectivity index is 2.09. The second kappa shape index (κ2) is 9.32. The average Bonchev–Trinajstić information content (AvgIpc) is 3.11. The second-order valence-electron chi connectivity index (χ2n) is 6.86. The van der Waals surface area contributed by atoms with Crippen LogP contribution >= 0.6 is 11.6 Å². The van der Waals surface area contributed by atoms with E-state index in [9.17, 15) is 26.7 Å². The molecule has 0 aliphatic rings. The Labute approximate surface area is 189 Å². The number of aryl methyl sites for hydroxylation is 1. The molecule has 3 N–H and O–H groups in total. The first-order chi connectivity index (χ1) is 15.4. The summed E-state index contributed by atoms with van der Waals surface area (Å²) >= 11 is 5.87. The number of nitrogens with two attached hydrogens (primary N) is 1. The third-order valence-corrected chi connectivity index (χ3v) is 4.87. The number of halogens is 6. The first-order valence-electron chi connectivity index (χ1n) is 9.35. The van der Waals surface area contributed by atoms with Crippen molar-refractivity contribution in [3.63, 3.8) is 0 Å². The minimum Gasteiger partial charge on any atom is -0.480 e. The van der Waals surface area contributed by atoms with Gasteiger partial charge in [0.05, 0.1) is 28.4 Å². The number of amides is 1. The lowest BCUT2D eigenvalue weighted by molar-refractivity contribution is -0.189. The molecule has 2 aromatic carbocycles. The molecule has 0 aliphatic carbocycles. The normalized spacial score (nSPS) is 12.5. The van der Waals surface area contributed by atoms with Crippen LogP contribution in [0.4, 0.5) is 27.6 Å². The third kappa shape index (κ3) is 5.22. The summed E-state index contributed by atoms with van der Waals surface area (Å²) in [6.45, 7) is 0.688. The van der Waals surface area contributed by atoms with Gasteiger partial charge in [-0.2, -0.15) is 18.3 Å². The summed E-state index contributed by atoms with van der Waals surface area (Å²) < 4.78 is 74.5. The van der Waals surface area contributed by atoms with Gasteiger partial charge >= 0.3 is 6.18 Å². The predicted octanol–water partition coefficient (Wildman–Crippen LogP) is 4.45. The zero-order chi connectivity index (χ0) is 24.5. The van der Waals surface area contributed by atoms with Crippen LogP contribution in [0.25, 0.3) is 11.4 Å². The standard InChI is InChI=1S/C20H17ClF5N5O2/c1-9(20(24,25)26)33-15-7-10(18-28-16(8-27)31(2)30-18)14(23)6-11(15)19(32)29-17-12(21)4-3-5-13(17)22/h3-7,9H,8,27H2,1-2H3,(H,29,32)/t9-/m0/s1. The van der Waals surface area contributed by atoms with Gasteiger partial charge < -0.3 is 15.8 Å². The van der Waals surface area contributed by atoms with Gasteiger partial charge in [0.2, 0.25) is 0 Å². The minimum atomic E-state index is -4.78. The molecule has 3 aromatic rings. The van der Waals surface area contributed by atoms with Crippen LogP contribution in [0.15, 0.2) is 30.3 Å². The van der Waals surface area contributed by atoms with Crippen LogP contribution in [0, 0.1) is 11.6 Å². The molecule has 1 aromatic heterocycles. The highest BCUT2D eigenvalue weighted by Crippen LogP contribution is 2.34. The summed E-state index contributed by atoms with van der Waals surface area (Å²) in [7, 11) is 1.50. The first kappa shape index (κ1) is 24.4. The molecule has 0 saturated carbocycles. The van der Waals surface area contributed by atoms with Crippen LogP contribution in [0.3, 0.4) is 0 Å². The Morgan fingerprint density at radius 3 is 2.55 bits per heavy atom.